The summed E-state index contributed by atoms with van der Waals surface area (Å²) in [6.45, 7) is 8.15. The number of thiazole rings is 1. The highest BCUT2D eigenvalue weighted by atomic mass is 32.1. The van der Waals surface area contributed by atoms with Crippen LogP contribution in [-0.2, 0) is 23.1 Å². The van der Waals surface area contributed by atoms with Crippen molar-refractivity contribution in [3.05, 3.63) is 33.5 Å². The molecule has 4 heterocycles. The number of halogens is 3. The van der Waals surface area contributed by atoms with Gasteiger partial charge >= 0.3 is 12.1 Å². The molecule has 0 aromatic carbocycles. The minimum Gasteiger partial charge on any atom is -0.475 e. The van der Waals surface area contributed by atoms with E-state index in [0.717, 1.165) is 36.9 Å². The predicted octanol–water partition coefficient (Wildman–Crippen LogP) is 2.00. The van der Waals surface area contributed by atoms with Crippen molar-refractivity contribution in [2.24, 2.45) is 18.9 Å². The SMILES string of the molecule is Cc1cc(CN2C[C@@H]3[C@@H](CNC(=O)c4csc(C)n4)CO[C@@H]3C2)n(C)n1.O=C(O)C(F)(F)F. The molecule has 13 heteroatoms. The number of hydrogen-bond acceptors (Lipinski definition) is 7. The van der Waals surface area contributed by atoms with Crippen LogP contribution in [0.25, 0.3) is 0 Å². The number of carbonyl (C=O) groups excluding carboxylic acids is 1. The number of rotatable bonds is 5. The Kier molecular flexibility index (Phi) is 7.75. The molecule has 0 spiro atoms. The molecule has 2 aliphatic rings. The second kappa shape index (κ2) is 10.2. The van der Waals surface area contributed by atoms with E-state index in [2.05, 4.69) is 26.4 Å². The van der Waals surface area contributed by atoms with Gasteiger partial charge in [-0.2, -0.15) is 18.3 Å². The highest BCUT2D eigenvalue weighted by Crippen LogP contribution is 2.34. The van der Waals surface area contributed by atoms with Gasteiger partial charge in [-0.05, 0) is 19.9 Å². The van der Waals surface area contributed by atoms with Gasteiger partial charge in [0, 0.05) is 50.4 Å². The molecule has 9 nitrogen and oxygen atoms in total. The molecule has 2 aliphatic heterocycles. The van der Waals surface area contributed by atoms with E-state index in [0.29, 0.717) is 24.1 Å². The largest absolute Gasteiger partial charge is 0.490 e. The van der Waals surface area contributed by atoms with Gasteiger partial charge in [-0.3, -0.25) is 14.4 Å². The van der Waals surface area contributed by atoms with Gasteiger partial charge < -0.3 is 15.2 Å². The van der Waals surface area contributed by atoms with Crippen LogP contribution in [0.5, 0.6) is 0 Å². The summed E-state index contributed by atoms with van der Waals surface area (Å²) in [5.41, 5.74) is 2.80. The van der Waals surface area contributed by atoms with E-state index in [-0.39, 0.29) is 12.0 Å². The molecule has 2 aromatic rings. The smallest absolute Gasteiger partial charge is 0.475 e. The lowest BCUT2D eigenvalue weighted by molar-refractivity contribution is -0.192. The Labute approximate surface area is 192 Å². The predicted molar refractivity (Wildman–Crippen MR) is 113 cm³/mol. The number of carbonyl (C=O) groups is 2. The number of likely N-dealkylation sites (tertiary alicyclic amines) is 1. The molecule has 0 unspecified atom stereocenters. The number of aromatic nitrogens is 3. The normalized spacial score (nSPS) is 22.5. The van der Waals surface area contributed by atoms with Crippen molar-refractivity contribution in [2.45, 2.75) is 32.7 Å². The minimum absolute atomic E-state index is 0.0852. The van der Waals surface area contributed by atoms with Crippen molar-refractivity contribution in [3.63, 3.8) is 0 Å². The van der Waals surface area contributed by atoms with Crippen LogP contribution in [0.4, 0.5) is 13.2 Å². The Morgan fingerprint density at radius 1 is 1.33 bits per heavy atom. The number of nitrogens with one attached hydrogen (secondary N) is 1. The molecule has 182 valence electrons. The van der Waals surface area contributed by atoms with Crippen LogP contribution < -0.4 is 5.32 Å². The van der Waals surface area contributed by atoms with Gasteiger partial charge in [0.15, 0.2) is 0 Å². The first kappa shape index (κ1) is 25.1. The Balaban J connectivity index is 0.000000383. The number of carboxylic acids is 1. The first-order valence-electron chi connectivity index (χ1n) is 10.3. The summed E-state index contributed by atoms with van der Waals surface area (Å²) >= 11 is 1.50. The molecular weight excluding hydrogens is 463 g/mol. The van der Waals surface area contributed by atoms with Crippen molar-refractivity contribution in [2.75, 3.05) is 26.2 Å². The van der Waals surface area contributed by atoms with Crippen LogP contribution in [0.3, 0.4) is 0 Å². The fraction of sp³-hybridized carbons (Fsp3) is 0.600. The third-order valence-electron chi connectivity index (χ3n) is 5.62. The molecule has 2 saturated heterocycles. The number of aliphatic carboxylic acids is 1. The number of ether oxygens (including phenoxy) is 1. The Morgan fingerprint density at radius 3 is 2.58 bits per heavy atom. The molecule has 1 amide bonds. The summed E-state index contributed by atoms with van der Waals surface area (Å²) in [4.78, 5) is 27.8. The minimum atomic E-state index is -5.08. The first-order chi connectivity index (χ1) is 15.4. The quantitative estimate of drug-likeness (QED) is 0.661. The number of amides is 1. The van der Waals surface area contributed by atoms with Gasteiger partial charge in [-0.15, -0.1) is 11.3 Å². The zero-order chi connectivity index (χ0) is 24.3. The maximum Gasteiger partial charge on any atom is 0.490 e. The average Bonchev–Trinajstić information content (AvgIpc) is 3.46. The van der Waals surface area contributed by atoms with Crippen molar-refractivity contribution in [3.8, 4) is 0 Å². The van der Waals surface area contributed by atoms with E-state index in [4.69, 9.17) is 14.6 Å². The number of carboxylic acid groups (broad SMARTS) is 1. The summed E-state index contributed by atoms with van der Waals surface area (Å²) in [6.07, 6.45) is -4.81. The summed E-state index contributed by atoms with van der Waals surface area (Å²) in [7, 11) is 1.99. The van der Waals surface area contributed by atoms with Crippen LogP contribution in [0.1, 0.15) is 26.9 Å². The van der Waals surface area contributed by atoms with Crippen LogP contribution in [-0.4, -0.2) is 75.2 Å². The van der Waals surface area contributed by atoms with Crippen LogP contribution in [0, 0.1) is 25.7 Å². The van der Waals surface area contributed by atoms with Crippen molar-refractivity contribution in [1.29, 1.82) is 0 Å². The van der Waals surface area contributed by atoms with Crippen LogP contribution in [0.15, 0.2) is 11.4 Å². The lowest BCUT2D eigenvalue weighted by atomic mass is 9.93. The Bertz CT molecular complexity index is 993. The molecule has 0 radical (unpaired) electrons. The maximum atomic E-state index is 12.2. The molecule has 2 N–H and O–H groups in total. The van der Waals surface area contributed by atoms with E-state index < -0.39 is 12.1 Å². The van der Waals surface area contributed by atoms with Crippen LogP contribution in [0.2, 0.25) is 0 Å². The zero-order valence-corrected chi connectivity index (χ0v) is 19.2. The third kappa shape index (κ3) is 6.51. The third-order valence-corrected chi connectivity index (χ3v) is 6.39. The molecule has 4 rings (SSSR count). The van der Waals surface area contributed by atoms with E-state index >= 15 is 0 Å². The van der Waals surface area contributed by atoms with Gasteiger partial charge in [0.2, 0.25) is 0 Å². The molecule has 33 heavy (non-hydrogen) atoms. The van der Waals surface area contributed by atoms with Gasteiger partial charge in [0.25, 0.3) is 5.91 Å². The monoisotopic (exact) mass is 489 g/mol. The van der Waals surface area contributed by atoms with Crippen molar-refractivity contribution < 1.29 is 32.6 Å². The summed E-state index contributed by atoms with van der Waals surface area (Å²) < 4.78 is 39.7. The fourth-order valence-electron chi connectivity index (χ4n) is 4.04. The number of alkyl halides is 3. The average molecular weight is 490 g/mol. The van der Waals surface area contributed by atoms with E-state index in [1.807, 2.05) is 31.0 Å². The standard InChI is InChI=1S/C18H25N5O2S.C2HF3O2/c1-11-4-14(22(3)21-11)6-23-7-15-13(9-25-17(15)8-23)5-19-18(24)16-10-26-12(2)20-16;3-2(4,5)1(6)7/h4,10,13,15,17H,5-9H2,1-3H3,(H,19,24);(H,6,7)/t13-,15+,17+;/m0./s1. The Hall–Kier alpha value is -2.51. The van der Waals surface area contributed by atoms with Crippen molar-refractivity contribution in [1.82, 2.24) is 25.0 Å². The topological polar surface area (TPSA) is 110 Å². The molecule has 3 atom stereocenters. The second-order valence-electron chi connectivity index (χ2n) is 8.16. The molecule has 0 saturated carbocycles. The van der Waals surface area contributed by atoms with E-state index in [1.165, 1.54) is 17.0 Å². The molecule has 0 aliphatic carbocycles. The number of nitrogens with zero attached hydrogens (tertiary/aromatic N) is 4. The lowest BCUT2D eigenvalue weighted by Gasteiger charge is -2.19. The molecule has 0 bridgehead atoms. The number of aryl methyl sites for hydroxylation is 3. The molecular formula is C20H26F3N5O4S. The Morgan fingerprint density at radius 2 is 2.03 bits per heavy atom. The van der Waals surface area contributed by atoms with Gasteiger partial charge in [0.05, 0.1) is 29.1 Å². The summed E-state index contributed by atoms with van der Waals surface area (Å²) in [5, 5.41) is 17.3. The lowest BCUT2D eigenvalue weighted by Crippen LogP contribution is -2.34. The number of fused-ring (bicyclic) bond motifs is 1. The summed E-state index contributed by atoms with van der Waals surface area (Å²) in [6, 6.07) is 2.14. The summed E-state index contributed by atoms with van der Waals surface area (Å²) in [5.74, 6) is -2.01. The highest BCUT2D eigenvalue weighted by molar-refractivity contribution is 7.09. The van der Waals surface area contributed by atoms with Gasteiger partial charge in [0.1, 0.15) is 5.69 Å². The van der Waals surface area contributed by atoms with Crippen LogP contribution >= 0.6 is 11.3 Å². The van der Waals surface area contributed by atoms with Gasteiger partial charge in [-0.1, -0.05) is 0 Å². The van der Waals surface area contributed by atoms with Crippen molar-refractivity contribution >= 4 is 23.2 Å². The second-order valence-corrected chi connectivity index (χ2v) is 9.22. The van der Waals surface area contributed by atoms with Gasteiger partial charge in [-0.25, -0.2) is 9.78 Å². The van der Waals surface area contributed by atoms with E-state index in [9.17, 15) is 18.0 Å². The highest BCUT2D eigenvalue weighted by Gasteiger charge is 2.43. The zero-order valence-electron chi connectivity index (χ0n) is 18.4. The fourth-order valence-corrected chi connectivity index (χ4v) is 4.64. The van der Waals surface area contributed by atoms with E-state index in [1.54, 1.807) is 0 Å². The first-order valence-corrected chi connectivity index (χ1v) is 11.2. The maximum absolute atomic E-state index is 12.2. The molecule has 2 fully saturated rings. The molecule has 2 aromatic heterocycles. The number of hydrogen-bond donors (Lipinski definition) is 2.